The summed E-state index contributed by atoms with van der Waals surface area (Å²) >= 11 is 0. The zero-order valence-corrected chi connectivity index (χ0v) is 42.2. The van der Waals surface area contributed by atoms with Gasteiger partial charge in [-0.25, -0.2) is 0 Å². The van der Waals surface area contributed by atoms with Crippen molar-refractivity contribution in [2.24, 2.45) is 0 Å². The fourth-order valence-corrected chi connectivity index (χ4v) is 7.02. The van der Waals surface area contributed by atoms with Gasteiger partial charge in [-0.1, -0.05) is 195 Å². The number of ether oxygens (including phenoxy) is 3. The van der Waals surface area contributed by atoms with Crippen LogP contribution in [0.3, 0.4) is 0 Å². The molecule has 0 aliphatic heterocycles. The first kappa shape index (κ1) is 61.3. The molecule has 0 spiro atoms. The van der Waals surface area contributed by atoms with Crippen LogP contribution in [0.4, 0.5) is 0 Å². The molecule has 0 fully saturated rings. The number of esters is 3. The smallest absolute Gasteiger partial charge is 0.306 e. The van der Waals surface area contributed by atoms with Gasteiger partial charge in [-0.2, -0.15) is 0 Å². The molecule has 0 rings (SSSR count). The molecule has 0 aromatic rings. The summed E-state index contributed by atoms with van der Waals surface area (Å²) in [5.74, 6) is -0.955. The van der Waals surface area contributed by atoms with Crippen molar-refractivity contribution >= 4 is 17.9 Å². The molecule has 0 N–H and O–H groups in total. The summed E-state index contributed by atoms with van der Waals surface area (Å²) in [6, 6.07) is 0. The summed E-state index contributed by atoms with van der Waals surface area (Å²) in [7, 11) is 0. The molecule has 0 radical (unpaired) electrons. The van der Waals surface area contributed by atoms with Crippen molar-refractivity contribution in [2.45, 2.75) is 245 Å². The Hall–Kier alpha value is -3.67. The molecule has 0 aromatic heterocycles. The molecule has 0 bridgehead atoms. The van der Waals surface area contributed by atoms with Gasteiger partial charge in [0.1, 0.15) is 13.2 Å². The van der Waals surface area contributed by atoms with Crippen LogP contribution in [-0.2, 0) is 28.6 Å². The Labute approximate surface area is 400 Å². The normalized spacial score (nSPS) is 12.8. The predicted molar refractivity (Wildman–Crippen MR) is 279 cm³/mol. The van der Waals surface area contributed by atoms with Crippen LogP contribution in [0.5, 0.6) is 0 Å². The third-order valence-corrected chi connectivity index (χ3v) is 11.0. The lowest BCUT2D eigenvalue weighted by Gasteiger charge is -2.18. The highest BCUT2D eigenvalue weighted by Gasteiger charge is 2.19. The van der Waals surface area contributed by atoms with Crippen molar-refractivity contribution in [3.8, 4) is 0 Å². The van der Waals surface area contributed by atoms with E-state index >= 15 is 0 Å². The molecular formula is C59H98O6. The van der Waals surface area contributed by atoms with Gasteiger partial charge < -0.3 is 14.2 Å². The number of hydrogen-bond acceptors (Lipinski definition) is 6. The quantitative estimate of drug-likeness (QED) is 0.0262. The van der Waals surface area contributed by atoms with E-state index in [2.05, 4.69) is 118 Å². The van der Waals surface area contributed by atoms with Gasteiger partial charge in [0.15, 0.2) is 6.10 Å². The predicted octanol–water partition coefficient (Wildman–Crippen LogP) is 17.8. The van der Waals surface area contributed by atoms with E-state index < -0.39 is 6.10 Å². The molecule has 0 unspecified atom stereocenters. The maximum Gasteiger partial charge on any atom is 0.306 e. The van der Waals surface area contributed by atoms with Crippen LogP contribution in [0.15, 0.2) is 97.2 Å². The Morgan fingerprint density at radius 2 is 0.600 bits per heavy atom. The second kappa shape index (κ2) is 52.9. The molecular weight excluding hydrogens is 805 g/mol. The number of carbonyl (C=O) groups is 3. The minimum Gasteiger partial charge on any atom is -0.462 e. The highest BCUT2D eigenvalue weighted by atomic mass is 16.6. The number of hydrogen-bond donors (Lipinski definition) is 0. The summed E-state index contributed by atoms with van der Waals surface area (Å²) in [5.41, 5.74) is 0. The van der Waals surface area contributed by atoms with E-state index in [1.54, 1.807) is 0 Å². The third-order valence-electron chi connectivity index (χ3n) is 11.0. The molecule has 0 aliphatic rings. The minimum atomic E-state index is -0.802. The molecule has 0 saturated carbocycles. The first-order chi connectivity index (χ1) is 32.0. The van der Waals surface area contributed by atoms with E-state index in [0.717, 1.165) is 135 Å². The second-order valence-electron chi connectivity index (χ2n) is 17.4. The van der Waals surface area contributed by atoms with E-state index in [-0.39, 0.29) is 31.1 Å². The fraction of sp³-hybridized carbons (Fsp3) is 0.678. The van der Waals surface area contributed by atoms with E-state index in [0.29, 0.717) is 19.3 Å². The number of carbonyl (C=O) groups excluding carboxylic acids is 3. The van der Waals surface area contributed by atoms with E-state index in [1.807, 2.05) is 0 Å². The van der Waals surface area contributed by atoms with Crippen molar-refractivity contribution in [3.05, 3.63) is 97.2 Å². The van der Waals surface area contributed by atoms with Gasteiger partial charge in [-0.15, -0.1) is 0 Å². The van der Waals surface area contributed by atoms with Gasteiger partial charge in [0.25, 0.3) is 0 Å². The molecule has 6 heteroatoms. The van der Waals surface area contributed by atoms with E-state index in [9.17, 15) is 14.4 Å². The summed E-state index contributed by atoms with van der Waals surface area (Å²) in [6.45, 7) is 6.43. The first-order valence-electron chi connectivity index (χ1n) is 26.7. The minimum absolute atomic E-state index is 0.101. The fourth-order valence-electron chi connectivity index (χ4n) is 7.02. The van der Waals surface area contributed by atoms with Gasteiger partial charge in [0, 0.05) is 19.3 Å². The molecule has 0 heterocycles. The van der Waals surface area contributed by atoms with Crippen LogP contribution in [0.2, 0.25) is 0 Å². The lowest BCUT2D eigenvalue weighted by Crippen LogP contribution is -2.30. The molecule has 370 valence electrons. The summed E-state index contributed by atoms with van der Waals surface area (Å²) < 4.78 is 16.8. The highest BCUT2D eigenvalue weighted by Crippen LogP contribution is 2.13. The van der Waals surface area contributed by atoms with Crippen LogP contribution in [0, 0.1) is 0 Å². The van der Waals surface area contributed by atoms with Crippen molar-refractivity contribution in [1.29, 1.82) is 0 Å². The van der Waals surface area contributed by atoms with Crippen molar-refractivity contribution in [2.75, 3.05) is 13.2 Å². The van der Waals surface area contributed by atoms with Crippen molar-refractivity contribution in [1.82, 2.24) is 0 Å². The Morgan fingerprint density at radius 1 is 0.323 bits per heavy atom. The molecule has 0 aromatic carbocycles. The molecule has 0 amide bonds. The Morgan fingerprint density at radius 3 is 0.985 bits per heavy atom. The second-order valence-corrected chi connectivity index (χ2v) is 17.4. The van der Waals surface area contributed by atoms with Gasteiger partial charge in [-0.05, 0) is 122 Å². The Bertz CT molecular complexity index is 1310. The lowest BCUT2D eigenvalue weighted by atomic mass is 10.1. The Balaban J connectivity index is 4.48. The average Bonchev–Trinajstić information content (AvgIpc) is 3.30. The SMILES string of the molecule is CC/C=C\C/C=C\C/C=C\C/C=C\CCCCCCC(=O)OC[C@H](COC(=O)CCCCCC/C=C\C/C=C\C/C=C\CCCCC)OC(=O)CCCCCCC/C=C\CCCCCC. The highest BCUT2D eigenvalue weighted by molar-refractivity contribution is 5.71. The van der Waals surface area contributed by atoms with Gasteiger partial charge in [-0.3, -0.25) is 14.4 Å². The van der Waals surface area contributed by atoms with Gasteiger partial charge >= 0.3 is 17.9 Å². The molecule has 1 atom stereocenters. The van der Waals surface area contributed by atoms with Crippen LogP contribution in [-0.4, -0.2) is 37.2 Å². The average molecular weight is 903 g/mol. The van der Waals surface area contributed by atoms with Crippen LogP contribution >= 0.6 is 0 Å². The molecule has 0 aliphatic carbocycles. The topological polar surface area (TPSA) is 78.9 Å². The molecule has 6 nitrogen and oxygen atoms in total. The zero-order valence-electron chi connectivity index (χ0n) is 42.2. The van der Waals surface area contributed by atoms with Crippen LogP contribution in [0.1, 0.15) is 239 Å². The number of unbranched alkanes of at least 4 members (excludes halogenated alkanes) is 20. The number of rotatable bonds is 47. The molecule has 0 saturated heterocycles. The standard InChI is InChI=1S/C59H98O6/c1-4-7-10-13-16-19-22-25-27-29-31-34-36-39-42-45-48-51-57(60)63-54-56(65-59(62)53-50-47-44-41-38-33-24-21-18-15-12-9-6-3)55-64-58(61)52-49-46-43-40-37-35-32-30-28-26-23-20-17-14-11-8-5-2/h7,10,16-17,19-21,24-28,31-32,34-35,56H,4-6,8-9,11-15,18,22-23,29-30,33,36-55H2,1-3H3/b10-7-,19-16-,20-17-,24-21-,27-25-,28-26-,34-31-,35-32-/t56-/m1/s1. The first-order valence-corrected chi connectivity index (χ1v) is 26.7. The summed E-state index contributed by atoms with van der Waals surface area (Å²) in [6.07, 6.45) is 69.6. The third kappa shape index (κ3) is 51.2. The van der Waals surface area contributed by atoms with Crippen molar-refractivity contribution in [3.63, 3.8) is 0 Å². The lowest BCUT2D eigenvalue weighted by molar-refractivity contribution is -0.167. The number of allylic oxidation sites excluding steroid dienone is 16. The maximum absolute atomic E-state index is 12.8. The van der Waals surface area contributed by atoms with Crippen molar-refractivity contribution < 1.29 is 28.6 Å². The summed E-state index contributed by atoms with van der Waals surface area (Å²) in [4.78, 5) is 38.0. The van der Waals surface area contributed by atoms with Crippen LogP contribution < -0.4 is 0 Å². The zero-order chi connectivity index (χ0) is 47.2. The van der Waals surface area contributed by atoms with E-state index in [1.165, 1.54) is 64.2 Å². The van der Waals surface area contributed by atoms with Crippen LogP contribution in [0.25, 0.3) is 0 Å². The van der Waals surface area contributed by atoms with Gasteiger partial charge in [0.05, 0.1) is 0 Å². The van der Waals surface area contributed by atoms with Gasteiger partial charge in [0.2, 0.25) is 0 Å². The molecule has 65 heavy (non-hydrogen) atoms. The Kier molecular flexibility index (Phi) is 50.0. The van der Waals surface area contributed by atoms with E-state index in [4.69, 9.17) is 14.2 Å². The largest absolute Gasteiger partial charge is 0.462 e. The maximum atomic E-state index is 12.8. The monoisotopic (exact) mass is 903 g/mol. The summed E-state index contributed by atoms with van der Waals surface area (Å²) in [5, 5.41) is 0.